The molecule has 0 amide bonds. The predicted octanol–water partition coefficient (Wildman–Crippen LogP) is 4.96. The molecule has 0 heterocycles. The third-order valence-corrected chi connectivity index (χ3v) is 10.9. The van der Waals surface area contributed by atoms with Crippen LogP contribution in [-0.2, 0) is 20.4 Å². The minimum atomic E-state index is -2.12. The molecule has 1 atom stereocenters. The molecule has 0 N–H and O–H groups in total. The Bertz CT molecular complexity index is 461. The van der Waals surface area contributed by atoms with E-state index in [1.54, 1.807) is 0 Å². The van der Waals surface area contributed by atoms with Crippen LogP contribution in [0.25, 0.3) is 0 Å². The number of hydrogen-bond acceptors (Lipinski definition) is 3. The van der Waals surface area contributed by atoms with Gasteiger partial charge >= 0.3 is 5.97 Å². The SMILES string of the molecule is COC(=O)[C@H](Cc1ccccc1)O[Si](C(C)C)(C(C)C)C(C)C. The van der Waals surface area contributed by atoms with Gasteiger partial charge in [0.25, 0.3) is 0 Å². The van der Waals surface area contributed by atoms with Gasteiger partial charge in [-0.25, -0.2) is 4.79 Å². The number of ether oxygens (including phenoxy) is 1. The van der Waals surface area contributed by atoms with Crippen LogP contribution in [0.5, 0.6) is 0 Å². The number of rotatable bonds is 8. The highest BCUT2D eigenvalue weighted by Crippen LogP contribution is 2.43. The van der Waals surface area contributed by atoms with E-state index in [9.17, 15) is 4.79 Å². The Morgan fingerprint density at radius 1 is 0.957 bits per heavy atom. The van der Waals surface area contributed by atoms with E-state index in [-0.39, 0.29) is 5.97 Å². The van der Waals surface area contributed by atoms with Crippen molar-refractivity contribution in [2.24, 2.45) is 0 Å². The van der Waals surface area contributed by atoms with Gasteiger partial charge in [-0.05, 0) is 22.2 Å². The van der Waals surface area contributed by atoms with Crippen LogP contribution in [0.1, 0.15) is 47.1 Å². The van der Waals surface area contributed by atoms with E-state index in [0.29, 0.717) is 23.0 Å². The standard InChI is InChI=1S/C19H32O3Si/c1-14(2)23(15(3)4,16(5)6)22-18(19(20)21-7)13-17-11-9-8-10-12-17/h8-12,14-16,18H,13H2,1-7H3/t18-/m0/s1. The van der Waals surface area contributed by atoms with E-state index in [1.165, 1.54) is 7.11 Å². The zero-order chi connectivity index (χ0) is 17.6. The van der Waals surface area contributed by atoms with Crippen molar-refractivity contribution >= 4 is 14.3 Å². The van der Waals surface area contributed by atoms with Gasteiger partial charge in [-0.1, -0.05) is 71.9 Å². The van der Waals surface area contributed by atoms with Crippen molar-refractivity contribution in [3.63, 3.8) is 0 Å². The number of carbonyl (C=O) groups is 1. The summed E-state index contributed by atoms with van der Waals surface area (Å²) in [6.45, 7) is 13.4. The van der Waals surface area contributed by atoms with Gasteiger partial charge in [0.1, 0.15) is 6.10 Å². The lowest BCUT2D eigenvalue weighted by molar-refractivity contribution is -0.149. The molecule has 0 spiro atoms. The molecule has 0 saturated carbocycles. The lowest BCUT2D eigenvalue weighted by Gasteiger charge is -2.44. The van der Waals surface area contributed by atoms with Crippen LogP contribution < -0.4 is 0 Å². The van der Waals surface area contributed by atoms with Gasteiger partial charge in [-0.2, -0.15) is 0 Å². The van der Waals surface area contributed by atoms with Crippen LogP contribution >= 0.6 is 0 Å². The molecule has 1 aromatic carbocycles. The Kier molecular flexibility index (Phi) is 7.48. The van der Waals surface area contributed by atoms with E-state index < -0.39 is 14.4 Å². The van der Waals surface area contributed by atoms with Crippen molar-refractivity contribution in [2.75, 3.05) is 7.11 Å². The first-order valence-corrected chi connectivity index (χ1v) is 10.7. The van der Waals surface area contributed by atoms with Crippen molar-refractivity contribution in [3.05, 3.63) is 35.9 Å². The van der Waals surface area contributed by atoms with Crippen LogP contribution in [0, 0.1) is 0 Å². The highest BCUT2D eigenvalue weighted by molar-refractivity contribution is 6.77. The van der Waals surface area contributed by atoms with Crippen LogP contribution in [0.2, 0.25) is 16.6 Å². The van der Waals surface area contributed by atoms with Gasteiger partial charge in [-0.15, -0.1) is 0 Å². The quantitative estimate of drug-likeness (QED) is 0.497. The summed E-state index contributed by atoms with van der Waals surface area (Å²) < 4.78 is 11.7. The van der Waals surface area contributed by atoms with Gasteiger partial charge < -0.3 is 9.16 Å². The smallest absolute Gasteiger partial charge is 0.334 e. The van der Waals surface area contributed by atoms with Crippen molar-refractivity contribution in [1.82, 2.24) is 0 Å². The fourth-order valence-corrected chi connectivity index (χ4v) is 9.28. The first-order valence-electron chi connectivity index (χ1n) is 8.55. The monoisotopic (exact) mass is 336 g/mol. The lowest BCUT2D eigenvalue weighted by Crippen LogP contribution is -2.52. The molecule has 1 aromatic rings. The van der Waals surface area contributed by atoms with Gasteiger partial charge in [0.05, 0.1) is 7.11 Å². The second kappa shape index (κ2) is 8.64. The molecule has 1 rings (SSSR count). The minimum absolute atomic E-state index is 0.271. The Hall–Kier alpha value is -1.13. The Labute approximate surface area is 142 Å². The van der Waals surface area contributed by atoms with Crippen LogP contribution in [0.3, 0.4) is 0 Å². The summed E-state index contributed by atoms with van der Waals surface area (Å²) in [5.74, 6) is -0.271. The normalized spacial score (nSPS) is 13.7. The highest BCUT2D eigenvalue weighted by atomic mass is 28.4. The first-order chi connectivity index (χ1) is 10.8. The van der Waals surface area contributed by atoms with E-state index >= 15 is 0 Å². The van der Waals surface area contributed by atoms with Crippen LogP contribution in [-0.4, -0.2) is 27.5 Å². The maximum Gasteiger partial charge on any atom is 0.334 e. The lowest BCUT2D eigenvalue weighted by atomic mass is 10.1. The van der Waals surface area contributed by atoms with Crippen molar-refractivity contribution in [2.45, 2.75) is 70.7 Å². The summed E-state index contributed by atoms with van der Waals surface area (Å²) in [5, 5.41) is 0. The fraction of sp³-hybridized carbons (Fsp3) is 0.632. The third kappa shape index (κ3) is 4.67. The number of methoxy groups -OCH3 is 1. The molecule has 3 nitrogen and oxygen atoms in total. The number of hydrogen-bond donors (Lipinski definition) is 0. The molecule has 0 aromatic heterocycles. The summed E-state index contributed by atoms with van der Waals surface area (Å²) in [7, 11) is -0.687. The largest absolute Gasteiger partial charge is 0.467 e. The van der Waals surface area contributed by atoms with E-state index in [0.717, 1.165) is 5.56 Å². The van der Waals surface area contributed by atoms with Crippen molar-refractivity contribution in [3.8, 4) is 0 Å². The number of carbonyl (C=O) groups excluding carboxylic acids is 1. The Balaban J connectivity index is 3.13. The molecule has 0 saturated heterocycles. The summed E-state index contributed by atoms with van der Waals surface area (Å²) >= 11 is 0. The average molecular weight is 337 g/mol. The van der Waals surface area contributed by atoms with E-state index in [2.05, 4.69) is 41.5 Å². The molecular weight excluding hydrogens is 304 g/mol. The van der Waals surface area contributed by atoms with Gasteiger partial charge in [0, 0.05) is 6.42 Å². The zero-order valence-electron chi connectivity index (χ0n) is 15.6. The third-order valence-electron chi connectivity index (χ3n) is 4.78. The minimum Gasteiger partial charge on any atom is -0.467 e. The molecule has 0 bridgehead atoms. The summed E-state index contributed by atoms with van der Waals surface area (Å²) in [6.07, 6.45) is 0.0373. The topological polar surface area (TPSA) is 35.5 Å². The first kappa shape index (κ1) is 19.9. The summed E-state index contributed by atoms with van der Waals surface area (Å²) in [4.78, 5) is 12.3. The van der Waals surface area contributed by atoms with E-state index in [1.807, 2.05) is 30.3 Å². The summed E-state index contributed by atoms with van der Waals surface area (Å²) in [6, 6.07) is 10.0. The maximum absolute atomic E-state index is 12.3. The Morgan fingerprint density at radius 2 is 1.43 bits per heavy atom. The zero-order valence-corrected chi connectivity index (χ0v) is 16.6. The fourth-order valence-electron chi connectivity index (χ4n) is 3.79. The second-order valence-corrected chi connectivity index (χ2v) is 12.5. The predicted molar refractivity (Wildman–Crippen MR) is 98.1 cm³/mol. The van der Waals surface area contributed by atoms with Crippen LogP contribution in [0.15, 0.2) is 30.3 Å². The molecule has 0 fully saturated rings. The molecule has 0 unspecified atom stereocenters. The van der Waals surface area contributed by atoms with Crippen molar-refractivity contribution < 1.29 is 14.0 Å². The molecule has 0 aliphatic carbocycles. The molecule has 23 heavy (non-hydrogen) atoms. The molecule has 0 radical (unpaired) electrons. The Morgan fingerprint density at radius 3 is 1.83 bits per heavy atom. The molecule has 0 aliphatic rings. The maximum atomic E-state index is 12.3. The average Bonchev–Trinajstić information content (AvgIpc) is 2.50. The molecule has 0 aliphatic heterocycles. The van der Waals surface area contributed by atoms with Gasteiger partial charge in [0.2, 0.25) is 8.32 Å². The van der Waals surface area contributed by atoms with Crippen molar-refractivity contribution in [1.29, 1.82) is 0 Å². The van der Waals surface area contributed by atoms with E-state index in [4.69, 9.17) is 9.16 Å². The van der Waals surface area contributed by atoms with Gasteiger partial charge in [-0.3, -0.25) is 0 Å². The number of benzene rings is 1. The highest BCUT2D eigenvalue weighted by Gasteiger charge is 2.47. The molecule has 4 heteroatoms. The second-order valence-electron chi connectivity index (χ2n) is 7.14. The van der Waals surface area contributed by atoms with Crippen LogP contribution in [0.4, 0.5) is 0 Å². The number of esters is 1. The summed E-state index contributed by atoms with van der Waals surface area (Å²) in [5.41, 5.74) is 2.41. The molecular formula is C19H32O3Si. The van der Waals surface area contributed by atoms with Gasteiger partial charge in [0.15, 0.2) is 0 Å². The molecule has 130 valence electrons.